The van der Waals surface area contributed by atoms with Crippen LogP contribution in [-0.2, 0) is 6.61 Å². The summed E-state index contributed by atoms with van der Waals surface area (Å²) in [5, 5.41) is 14.6. The number of H-pyrrole nitrogens is 1. The second-order valence-corrected chi connectivity index (χ2v) is 8.76. The van der Waals surface area contributed by atoms with E-state index in [2.05, 4.69) is 20.5 Å². The lowest BCUT2D eigenvalue weighted by atomic mass is 10.1. The zero-order valence-corrected chi connectivity index (χ0v) is 21.5. The summed E-state index contributed by atoms with van der Waals surface area (Å²) in [5.74, 6) is 1.07. The zero-order chi connectivity index (χ0) is 26.4. The van der Waals surface area contributed by atoms with Crippen LogP contribution in [0.25, 0.3) is 11.3 Å². The molecule has 186 valence electrons. The largest absolute Gasteiger partial charge is 0.496 e. The number of halogens is 3. The highest BCUT2D eigenvalue weighted by Gasteiger charge is 2.13. The van der Waals surface area contributed by atoms with Crippen LogP contribution in [0.5, 0.6) is 11.5 Å². The minimum atomic E-state index is -0.570. The highest BCUT2D eigenvalue weighted by Crippen LogP contribution is 2.34. The van der Waals surface area contributed by atoms with Crippen LogP contribution in [0.3, 0.4) is 0 Å². The number of rotatable bonds is 8. The summed E-state index contributed by atoms with van der Waals surface area (Å²) in [6.45, 7) is 0.140. The first kappa shape index (κ1) is 26.0. The number of hydrogen-bond acceptors (Lipinski definition) is 7. The van der Waals surface area contributed by atoms with Crippen molar-refractivity contribution in [3.8, 4) is 28.8 Å². The van der Waals surface area contributed by atoms with E-state index in [0.29, 0.717) is 37.7 Å². The molecular weight excluding hydrogens is 537 g/mol. The molecule has 0 atom stereocenters. The van der Waals surface area contributed by atoms with Crippen molar-refractivity contribution in [3.05, 3.63) is 103 Å². The van der Waals surface area contributed by atoms with E-state index in [-0.39, 0.29) is 23.8 Å². The molecular formula is C26H18Cl3N5O3. The van der Waals surface area contributed by atoms with E-state index in [9.17, 15) is 10.1 Å². The predicted molar refractivity (Wildman–Crippen MR) is 145 cm³/mol. The number of hydrazone groups is 1. The lowest BCUT2D eigenvalue weighted by molar-refractivity contribution is 0.297. The minimum absolute atomic E-state index is 0.0809. The van der Waals surface area contributed by atoms with Gasteiger partial charge in [-0.05, 0) is 29.8 Å². The molecule has 1 aromatic heterocycles. The maximum absolute atomic E-state index is 12.4. The van der Waals surface area contributed by atoms with Gasteiger partial charge in [-0.25, -0.2) is 10.4 Å². The molecule has 2 N–H and O–H groups in total. The number of anilines is 1. The average Bonchev–Trinajstić information content (AvgIpc) is 2.90. The molecule has 8 nitrogen and oxygen atoms in total. The van der Waals surface area contributed by atoms with Crippen molar-refractivity contribution in [2.24, 2.45) is 5.10 Å². The molecule has 37 heavy (non-hydrogen) atoms. The Morgan fingerprint density at radius 3 is 2.54 bits per heavy atom. The minimum Gasteiger partial charge on any atom is -0.496 e. The molecule has 0 bridgehead atoms. The van der Waals surface area contributed by atoms with Crippen LogP contribution in [0, 0.1) is 11.3 Å². The molecule has 0 saturated heterocycles. The third-order valence-corrected chi connectivity index (χ3v) is 6.14. The van der Waals surface area contributed by atoms with Crippen LogP contribution in [0.1, 0.15) is 16.7 Å². The van der Waals surface area contributed by atoms with Gasteiger partial charge in [0.1, 0.15) is 29.7 Å². The number of benzene rings is 3. The van der Waals surface area contributed by atoms with E-state index in [1.807, 2.05) is 18.2 Å². The summed E-state index contributed by atoms with van der Waals surface area (Å²) in [4.78, 5) is 19.3. The van der Waals surface area contributed by atoms with Gasteiger partial charge in [-0.15, -0.1) is 0 Å². The van der Waals surface area contributed by atoms with Crippen LogP contribution in [-0.4, -0.2) is 23.3 Å². The fraction of sp³-hybridized carbons (Fsp3) is 0.0769. The van der Waals surface area contributed by atoms with Crippen molar-refractivity contribution < 1.29 is 9.47 Å². The molecule has 4 rings (SSSR count). The molecule has 0 aliphatic heterocycles. The first-order valence-corrected chi connectivity index (χ1v) is 11.9. The number of aromatic nitrogens is 2. The molecule has 0 aliphatic rings. The molecule has 0 saturated carbocycles. The van der Waals surface area contributed by atoms with Gasteiger partial charge in [0.2, 0.25) is 5.95 Å². The van der Waals surface area contributed by atoms with E-state index in [1.54, 1.807) is 49.6 Å². The Morgan fingerprint density at radius 2 is 1.81 bits per heavy atom. The van der Waals surface area contributed by atoms with E-state index < -0.39 is 5.56 Å². The quantitative estimate of drug-likeness (QED) is 0.150. The lowest BCUT2D eigenvalue weighted by Crippen LogP contribution is -2.16. The van der Waals surface area contributed by atoms with Gasteiger partial charge in [-0.3, -0.25) is 9.78 Å². The van der Waals surface area contributed by atoms with Crippen molar-refractivity contribution >= 4 is 47.0 Å². The predicted octanol–water partition coefficient (Wildman–Crippen LogP) is 6.30. The van der Waals surface area contributed by atoms with Gasteiger partial charge in [-0.1, -0.05) is 65.1 Å². The molecule has 1 heterocycles. The Labute approximate surface area is 227 Å². The first-order chi connectivity index (χ1) is 17.9. The van der Waals surface area contributed by atoms with Gasteiger partial charge in [0.15, 0.2) is 0 Å². The van der Waals surface area contributed by atoms with Crippen molar-refractivity contribution in [3.63, 3.8) is 0 Å². The highest BCUT2D eigenvalue weighted by molar-refractivity contribution is 6.43. The normalized spacial score (nSPS) is 10.8. The molecule has 0 radical (unpaired) electrons. The monoisotopic (exact) mass is 553 g/mol. The Morgan fingerprint density at radius 1 is 1.05 bits per heavy atom. The van der Waals surface area contributed by atoms with Crippen LogP contribution < -0.4 is 20.5 Å². The standard InChI is InChI=1S/C26H18Cl3N5O3/c1-36-22-8-7-15(9-17(22)14-37-23-11-20(28)19(27)10-21(23)29)13-31-34-26-32-24(16-5-3-2-4-6-16)18(12-30)25(35)33-26/h2-11,13H,14H2,1H3,(H2,32,33,34,35). The topological polar surface area (TPSA) is 112 Å². The number of aromatic amines is 1. The fourth-order valence-electron chi connectivity index (χ4n) is 3.36. The van der Waals surface area contributed by atoms with Crippen LogP contribution in [0.15, 0.2) is 70.6 Å². The summed E-state index contributed by atoms with van der Waals surface area (Å²) in [7, 11) is 1.55. The van der Waals surface area contributed by atoms with Crippen LogP contribution >= 0.6 is 34.8 Å². The average molecular weight is 555 g/mol. The number of nitrogens with one attached hydrogen (secondary N) is 2. The molecule has 0 spiro atoms. The Bertz CT molecular complexity index is 1570. The van der Waals surface area contributed by atoms with Gasteiger partial charge in [0, 0.05) is 17.2 Å². The van der Waals surface area contributed by atoms with Crippen molar-refractivity contribution in [1.82, 2.24) is 9.97 Å². The fourth-order valence-corrected chi connectivity index (χ4v) is 3.96. The summed E-state index contributed by atoms with van der Waals surface area (Å²) in [5.41, 5.74) is 4.39. The number of nitrogens with zero attached hydrogens (tertiary/aromatic N) is 3. The number of nitriles is 1. The number of ether oxygens (including phenoxy) is 2. The molecule has 0 unspecified atom stereocenters. The van der Waals surface area contributed by atoms with E-state index in [1.165, 1.54) is 12.3 Å². The maximum Gasteiger partial charge on any atom is 0.270 e. The van der Waals surface area contributed by atoms with E-state index >= 15 is 0 Å². The summed E-state index contributed by atoms with van der Waals surface area (Å²) >= 11 is 18.2. The Kier molecular flexibility index (Phi) is 8.31. The third kappa shape index (κ3) is 6.22. The zero-order valence-electron chi connectivity index (χ0n) is 19.3. The van der Waals surface area contributed by atoms with E-state index in [0.717, 1.165) is 5.56 Å². The molecule has 0 fully saturated rings. The molecule has 0 amide bonds. The first-order valence-electron chi connectivity index (χ1n) is 10.7. The van der Waals surface area contributed by atoms with E-state index in [4.69, 9.17) is 44.3 Å². The molecule has 4 aromatic rings. The van der Waals surface area contributed by atoms with Gasteiger partial charge in [-0.2, -0.15) is 10.4 Å². The Hall–Kier alpha value is -4.03. The van der Waals surface area contributed by atoms with Crippen LogP contribution in [0.2, 0.25) is 15.1 Å². The summed E-state index contributed by atoms with van der Waals surface area (Å²) in [6, 6.07) is 19.3. The number of methoxy groups -OCH3 is 1. The van der Waals surface area contributed by atoms with Gasteiger partial charge in [0.25, 0.3) is 5.56 Å². The van der Waals surface area contributed by atoms with Crippen LogP contribution in [0.4, 0.5) is 5.95 Å². The van der Waals surface area contributed by atoms with Gasteiger partial charge < -0.3 is 9.47 Å². The Balaban J connectivity index is 1.53. The maximum atomic E-state index is 12.4. The lowest BCUT2D eigenvalue weighted by Gasteiger charge is -2.13. The van der Waals surface area contributed by atoms with Gasteiger partial charge in [0.05, 0.1) is 34.1 Å². The second kappa shape index (κ2) is 11.8. The second-order valence-electron chi connectivity index (χ2n) is 7.54. The molecule has 3 aromatic carbocycles. The van der Waals surface area contributed by atoms with Gasteiger partial charge >= 0.3 is 0 Å². The smallest absolute Gasteiger partial charge is 0.270 e. The molecule has 11 heteroatoms. The van der Waals surface area contributed by atoms with Crippen molar-refractivity contribution in [2.75, 3.05) is 12.5 Å². The van der Waals surface area contributed by atoms with Crippen molar-refractivity contribution in [1.29, 1.82) is 5.26 Å². The van der Waals surface area contributed by atoms with Crippen molar-refractivity contribution in [2.45, 2.75) is 6.61 Å². The third-order valence-electron chi connectivity index (χ3n) is 5.12. The highest BCUT2D eigenvalue weighted by atomic mass is 35.5. The molecule has 0 aliphatic carbocycles. The SMILES string of the molecule is COc1ccc(C=NNc2nc(-c3ccccc3)c(C#N)c(=O)[nH]2)cc1COc1cc(Cl)c(Cl)cc1Cl. The number of hydrogen-bond donors (Lipinski definition) is 2. The summed E-state index contributed by atoms with van der Waals surface area (Å²) < 4.78 is 11.3. The summed E-state index contributed by atoms with van der Waals surface area (Å²) in [6.07, 6.45) is 1.54.